The molecule has 1 aliphatic heterocycles. The van der Waals surface area contributed by atoms with Crippen molar-refractivity contribution in [1.29, 1.82) is 0 Å². The molecule has 0 radical (unpaired) electrons. The van der Waals surface area contributed by atoms with Gasteiger partial charge in [0.05, 0.1) is 11.1 Å². The van der Waals surface area contributed by atoms with Crippen molar-refractivity contribution in [3.63, 3.8) is 0 Å². The lowest BCUT2D eigenvalue weighted by Crippen LogP contribution is -2.29. The van der Waals surface area contributed by atoms with Gasteiger partial charge in [-0.15, -0.1) is 0 Å². The molecular formula is C36H41FN8. The van der Waals surface area contributed by atoms with E-state index >= 15 is 0 Å². The number of benzene rings is 1. The van der Waals surface area contributed by atoms with Crippen molar-refractivity contribution in [1.82, 2.24) is 39.9 Å². The number of hydrogen-bond donors (Lipinski definition) is 2. The first-order valence-corrected chi connectivity index (χ1v) is 15.7. The predicted molar refractivity (Wildman–Crippen MR) is 179 cm³/mol. The summed E-state index contributed by atoms with van der Waals surface area (Å²) in [5.41, 5.74) is 8.67. The lowest BCUT2D eigenvalue weighted by molar-refractivity contribution is 0.220. The molecule has 4 aromatic heterocycles. The van der Waals surface area contributed by atoms with Gasteiger partial charge in [-0.1, -0.05) is 31.2 Å². The number of fused-ring (bicyclic) bond motifs is 1. The summed E-state index contributed by atoms with van der Waals surface area (Å²) in [6, 6.07) is 9.53. The standard InChI is InChI=1S/C36H41FN8/c1-5-10-31(27-15-25(17-30(37)18-27)11-9-12-44(3)4)33-24(2)40-36(41-33)34-32-19-29(22-39-35(32)43-42-34)28-16-26(20-38-21-28)23-45-13-7-6-8-14-45/h5,10,15-22H,1,6-9,11-14,23H2,2-4H3,(H,40,41)(H,39,42,43)/b31-10-. The first-order valence-electron chi connectivity index (χ1n) is 15.7. The Balaban J connectivity index is 1.31. The number of pyridine rings is 2. The van der Waals surface area contributed by atoms with Crippen LogP contribution in [-0.4, -0.2) is 73.7 Å². The van der Waals surface area contributed by atoms with Crippen LogP contribution in [0, 0.1) is 12.7 Å². The zero-order valence-electron chi connectivity index (χ0n) is 26.4. The predicted octanol–water partition coefficient (Wildman–Crippen LogP) is 6.96. The molecule has 0 saturated carbocycles. The number of H-pyrrole nitrogens is 2. The Bertz CT molecular complexity index is 1830. The second kappa shape index (κ2) is 13.7. The minimum absolute atomic E-state index is 0.261. The summed E-state index contributed by atoms with van der Waals surface area (Å²) in [5, 5.41) is 8.47. The van der Waals surface area contributed by atoms with E-state index in [0.717, 1.165) is 89.3 Å². The molecule has 9 heteroatoms. The van der Waals surface area contributed by atoms with Crippen molar-refractivity contribution < 1.29 is 4.39 Å². The van der Waals surface area contributed by atoms with Gasteiger partial charge in [-0.05, 0) is 107 Å². The zero-order chi connectivity index (χ0) is 31.3. The summed E-state index contributed by atoms with van der Waals surface area (Å²) in [6.07, 6.45) is 14.9. The van der Waals surface area contributed by atoms with E-state index in [1.807, 2.05) is 45.7 Å². The lowest BCUT2D eigenvalue weighted by Gasteiger charge is -2.26. The number of halogens is 1. The Kier molecular flexibility index (Phi) is 9.28. The van der Waals surface area contributed by atoms with E-state index in [1.165, 1.54) is 24.8 Å². The van der Waals surface area contributed by atoms with Crippen molar-refractivity contribution in [3.8, 4) is 22.6 Å². The number of imidazole rings is 1. The summed E-state index contributed by atoms with van der Waals surface area (Å²) < 4.78 is 14.8. The van der Waals surface area contributed by atoms with Gasteiger partial charge in [0.15, 0.2) is 11.5 Å². The number of aromatic nitrogens is 6. The average Bonchev–Trinajstić information content (AvgIpc) is 3.63. The molecule has 1 fully saturated rings. The maximum atomic E-state index is 14.8. The summed E-state index contributed by atoms with van der Waals surface area (Å²) in [6.45, 7) is 10.0. The van der Waals surface area contributed by atoms with Gasteiger partial charge in [0, 0.05) is 47.5 Å². The second-order valence-electron chi connectivity index (χ2n) is 12.2. The molecule has 45 heavy (non-hydrogen) atoms. The summed E-state index contributed by atoms with van der Waals surface area (Å²) in [4.78, 5) is 22.3. The van der Waals surface area contributed by atoms with Gasteiger partial charge in [-0.25, -0.2) is 14.4 Å². The van der Waals surface area contributed by atoms with Crippen LogP contribution in [0.25, 0.3) is 39.3 Å². The summed E-state index contributed by atoms with van der Waals surface area (Å²) >= 11 is 0. The number of aryl methyl sites for hydroxylation is 2. The third-order valence-corrected chi connectivity index (χ3v) is 8.39. The number of aromatic amines is 2. The largest absolute Gasteiger partial charge is 0.340 e. The molecule has 0 bridgehead atoms. The molecule has 0 spiro atoms. The quantitative estimate of drug-likeness (QED) is 0.159. The van der Waals surface area contributed by atoms with Crippen LogP contribution in [0.3, 0.4) is 0 Å². The fourth-order valence-corrected chi connectivity index (χ4v) is 6.17. The highest BCUT2D eigenvalue weighted by atomic mass is 19.1. The normalized spacial score (nSPS) is 14.5. The number of hydrogen-bond acceptors (Lipinski definition) is 6. The van der Waals surface area contributed by atoms with Crippen molar-refractivity contribution >= 4 is 16.6 Å². The maximum absolute atomic E-state index is 14.8. The molecule has 6 rings (SSSR count). The van der Waals surface area contributed by atoms with E-state index in [0.29, 0.717) is 11.5 Å². The van der Waals surface area contributed by atoms with Gasteiger partial charge in [0.1, 0.15) is 11.5 Å². The van der Waals surface area contributed by atoms with Crippen LogP contribution >= 0.6 is 0 Å². The van der Waals surface area contributed by atoms with E-state index in [1.54, 1.807) is 18.2 Å². The Morgan fingerprint density at radius 1 is 1.02 bits per heavy atom. The highest BCUT2D eigenvalue weighted by Crippen LogP contribution is 2.32. The van der Waals surface area contributed by atoms with Gasteiger partial charge in [0.2, 0.25) is 0 Å². The molecule has 5 aromatic rings. The maximum Gasteiger partial charge on any atom is 0.181 e. The van der Waals surface area contributed by atoms with Crippen LogP contribution in [-0.2, 0) is 13.0 Å². The molecule has 0 atom stereocenters. The zero-order valence-corrected chi connectivity index (χ0v) is 26.4. The van der Waals surface area contributed by atoms with Gasteiger partial charge in [0.25, 0.3) is 0 Å². The first kappa shape index (κ1) is 30.6. The SMILES string of the molecule is C=C/C=C(/c1cc(F)cc(CCCN(C)C)c1)c1nc(-c2[nH]nc3ncc(-c4cncc(CN5CCCCC5)c4)cc23)[nH]c1C. The minimum Gasteiger partial charge on any atom is -0.340 e. The van der Waals surface area contributed by atoms with Crippen molar-refractivity contribution in [2.45, 2.75) is 45.6 Å². The Labute approximate surface area is 264 Å². The van der Waals surface area contributed by atoms with Crippen LogP contribution in [0.2, 0.25) is 0 Å². The highest BCUT2D eigenvalue weighted by molar-refractivity contribution is 5.92. The summed E-state index contributed by atoms with van der Waals surface area (Å²) in [5.74, 6) is 0.377. The van der Waals surface area contributed by atoms with Crippen molar-refractivity contribution in [2.75, 3.05) is 33.7 Å². The van der Waals surface area contributed by atoms with E-state index in [4.69, 9.17) is 4.98 Å². The molecule has 0 aliphatic carbocycles. The average molecular weight is 605 g/mol. The fourth-order valence-electron chi connectivity index (χ4n) is 6.17. The number of likely N-dealkylation sites (tertiary alicyclic amines) is 1. The van der Waals surface area contributed by atoms with Crippen LogP contribution in [0.4, 0.5) is 4.39 Å². The van der Waals surface area contributed by atoms with E-state index in [-0.39, 0.29) is 5.82 Å². The van der Waals surface area contributed by atoms with Crippen molar-refractivity contribution in [2.24, 2.45) is 0 Å². The minimum atomic E-state index is -0.261. The van der Waals surface area contributed by atoms with E-state index in [2.05, 4.69) is 59.7 Å². The Hall–Kier alpha value is -4.47. The molecule has 1 aliphatic rings. The monoisotopic (exact) mass is 604 g/mol. The van der Waals surface area contributed by atoms with E-state index in [9.17, 15) is 4.39 Å². The third-order valence-electron chi connectivity index (χ3n) is 8.39. The Morgan fingerprint density at radius 2 is 1.84 bits per heavy atom. The fraction of sp³-hybridized carbons (Fsp3) is 0.333. The molecule has 1 saturated heterocycles. The molecular weight excluding hydrogens is 563 g/mol. The topological polar surface area (TPSA) is 89.6 Å². The summed E-state index contributed by atoms with van der Waals surface area (Å²) in [7, 11) is 4.09. The molecule has 0 amide bonds. The Morgan fingerprint density at radius 3 is 2.64 bits per heavy atom. The molecule has 2 N–H and O–H groups in total. The van der Waals surface area contributed by atoms with Crippen LogP contribution in [0.15, 0.2) is 67.7 Å². The van der Waals surface area contributed by atoms with Crippen LogP contribution in [0.5, 0.6) is 0 Å². The van der Waals surface area contributed by atoms with Gasteiger partial charge in [-0.3, -0.25) is 15.0 Å². The smallest absolute Gasteiger partial charge is 0.181 e. The second-order valence-corrected chi connectivity index (χ2v) is 12.2. The number of nitrogens with zero attached hydrogens (tertiary/aromatic N) is 6. The number of piperidine rings is 1. The molecule has 0 unspecified atom stereocenters. The van der Waals surface area contributed by atoms with Crippen LogP contribution in [0.1, 0.15) is 53.8 Å². The lowest BCUT2D eigenvalue weighted by atomic mass is 9.97. The first-order chi connectivity index (χ1) is 21.9. The highest BCUT2D eigenvalue weighted by Gasteiger charge is 2.19. The molecule has 5 heterocycles. The van der Waals surface area contributed by atoms with Gasteiger partial charge < -0.3 is 9.88 Å². The van der Waals surface area contributed by atoms with E-state index < -0.39 is 0 Å². The molecule has 232 valence electrons. The van der Waals surface area contributed by atoms with Crippen molar-refractivity contribution in [3.05, 3.63) is 102 Å². The number of nitrogens with one attached hydrogen (secondary N) is 2. The van der Waals surface area contributed by atoms with Crippen LogP contribution < -0.4 is 0 Å². The third kappa shape index (κ3) is 7.10. The van der Waals surface area contributed by atoms with Gasteiger partial charge in [-0.2, -0.15) is 5.10 Å². The molecule has 1 aromatic carbocycles. The van der Waals surface area contributed by atoms with Gasteiger partial charge >= 0.3 is 0 Å². The molecule has 8 nitrogen and oxygen atoms in total. The number of rotatable bonds is 11. The number of allylic oxidation sites excluding steroid dienone is 2.